The summed E-state index contributed by atoms with van der Waals surface area (Å²) < 4.78 is 0. The maximum absolute atomic E-state index is 9.76. The molecule has 2 heteroatoms. The van der Waals surface area contributed by atoms with Gasteiger partial charge in [0.2, 0.25) is 0 Å². The van der Waals surface area contributed by atoms with Crippen LogP contribution in [-0.4, -0.2) is 30.6 Å². The van der Waals surface area contributed by atoms with E-state index >= 15 is 0 Å². The molecule has 0 fully saturated rings. The van der Waals surface area contributed by atoms with Gasteiger partial charge in [0.1, 0.15) is 0 Å². The maximum atomic E-state index is 9.76. The number of benzene rings is 1. The van der Waals surface area contributed by atoms with Crippen LogP contribution in [0.1, 0.15) is 18.1 Å². The Hall–Kier alpha value is -0.860. The minimum absolute atomic E-state index is 0.434. The first-order valence-corrected chi connectivity index (χ1v) is 4.91. The van der Waals surface area contributed by atoms with Gasteiger partial charge in [-0.05, 0) is 39.0 Å². The SMILES string of the molecule is CN(C)CC[CH]C(O)c1ccccc1. The van der Waals surface area contributed by atoms with E-state index in [0.29, 0.717) is 0 Å². The second-order valence-corrected chi connectivity index (χ2v) is 3.68. The summed E-state index contributed by atoms with van der Waals surface area (Å²) >= 11 is 0. The predicted molar refractivity (Wildman–Crippen MR) is 58.9 cm³/mol. The number of hydrogen-bond donors (Lipinski definition) is 1. The smallest absolute Gasteiger partial charge is 0.0822 e. The highest BCUT2D eigenvalue weighted by atomic mass is 16.3. The van der Waals surface area contributed by atoms with Crippen molar-refractivity contribution in [1.29, 1.82) is 0 Å². The Morgan fingerprint density at radius 3 is 2.50 bits per heavy atom. The van der Waals surface area contributed by atoms with Crippen LogP contribution in [0, 0.1) is 6.42 Å². The van der Waals surface area contributed by atoms with E-state index in [1.807, 2.05) is 50.8 Å². The lowest BCUT2D eigenvalue weighted by atomic mass is 10.1. The van der Waals surface area contributed by atoms with E-state index in [2.05, 4.69) is 4.90 Å². The third-order valence-corrected chi connectivity index (χ3v) is 2.11. The second kappa shape index (κ2) is 5.78. The summed E-state index contributed by atoms with van der Waals surface area (Å²) in [5, 5.41) is 9.76. The van der Waals surface area contributed by atoms with Gasteiger partial charge in [0.25, 0.3) is 0 Å². The first kappa shape index (κ1) is 11.2. The van der Waals surface area contributed by atoms with E-state index in [-0.39, 0.29) is 0 Å². The maximum Gasteiger partial charge on any atom is 0.0822 e. The van der Waals surface area contributed by atoms with Crippen molar-refractivity contribution < 1.29 is 5.11 Å². The average Bonchev–Trinajstić information content (AvgIpc) is 2.18. The molecule has 0 amide bonds. The molecule has 14 heavy (non-hydrogen) atoms. The van der Waals surface area contributed by atoms with Gasteiger partial charge in [-0.3, -0.25) is 0 Å². The highest BCUT2D eigenvalue weighted by Gasteiger charge is 2.06. The number of aliphatic hydroxyl groups excluding tert-OH is 1. The van der Waals surface area contributed by atoms with Gasteiger partial charge in [0.05, 0.1) is 6.10 Å². The molecule has 0 spiro atoms. The molecule has 1 aromatic rings. The first-order chi connectivity index (χ1) is 6.70. The quantitative estimate of drug-likeness (QED) is 0.770. The normalized spacial score (nSPS) is 13.1. The van der Waals surface area contributed by atoms with Crippen LogP contribution in [0.5, 0.6) is 0 Å². The number of nitrogens with zero attached hydrogens (tertiary/aromatic N) is 1. The molecular formula is C12H18NO. The predicted octanol–water partition coefficient (Wildman–Crippen LogP) is 1.88. The number of aliphatic hydroxyl groups is 1. The Bertz CT molecular complexity index is 246. The van der Waals surface area contributed by atoms with E-state index in [0.717, 1.165) is 18.5 Å². The van der Waals surface area contributed by atoms with Crippen molar-refractivity contribution in [2.75, 3.05) is 20.6 Å². The van der Waals surface area contributed by atoms with E-state index in [9.17, 15) is 5.11 Å². The lowest BCUT2D eigenvalue weighted by Gasteiger charge is -2.12. The van der Waals surface area contributed by atoms with Crippen LogP contribution < -0.4 is 0 Å². The fourth-order valence-electron chi connectivity index (χ4n) is 1.28. The first-order valence-electron chi connectivity index (χ1n) is 4.91. The fraction of sp³-hybridized carbons (Fsp3) is 0.417. The molecule has 1 atom stereocenters. The monoisotopic (exact) mass is 192 g/mol. The summed E-state index contributed by atoms with van der Waals surface area (Å²) in [6.07, 6.45) is 2.41. The molecule has 0 saturated heterocycles. The zero-order valence-corrected chi connectivity index (χ0v) is 8.85. The van der Waals surface area contributed by atoms with E-state index in [1.165, 1.54) is 0 Å². The summed E-state index contributed by atoms with van der Waals surface area (Å²) in [5.74, 6) is 0. The van der Waals surface area contributed by atoms with Crippen molar-refractivity contribution in [2.24, 2.45) is 0 Å². The molecule has 1 rings (SSSR count). The summed E-state index contributed by atoms with van der Waals surface area (Å²) in [6.45, 7) is 0.976. The fourth-order valence-corrected chi connectivity index (χ4v) is 1.28. The van der Waals surface area contributed by atoms with Crippen LogP contribution in [0.4, 0.5) is 0 Å². The Labute approximate surface area is 86.2 Å². The molecule has 0 heterocycles. The Morgan fingerprint density at radius 2 is 1.93 bits per heavy atom. The summed E-state index contributed by atoms with van der Waals surface area (Å²) in [4.78, 5) is 2.11. The van der Waals surface area contributed by atoms with Crippen LogP contribution in [0.25, 0.3) is 0 Å². The largest absolute Gasteiger partial charge is 0.388 e. The topological polar surface area (TPSA) is 23.5 Å². The van der Waals surface area contributed by atoms with E-state index in [4.69, 9.17) is 0 Å². The highest BCUT2D eigenvalue weighted by molar-refractivity contribution is 5.19. The molecule has 1 unspecified atom stereocenters. The molecule has 1 radical (unpaired) electrons. The van der Waals surface area contributed by atoms with Crippen molar-refractivity contribution >= 4 is 0 Å². The highest BCUT2D eigenvalue weighted by Crippen LogP contribution is 2.16. The van der Waals surface area contributed by atoms with Gasteiger partial charge in [-0.2, -0.15) is 0 Å². The van der Waals surface area contributed by atoms with Crippen molar-refractivity contribution in [3.63, 3.8) is 0 Å². The molecule has 0 aliphatic carbocycles. The van der Waals surface area contributed by atoms with Gasteiger partial charge < -0.3 is 10.0 Å². The third-order valence-electron chi connectivity index (χ3n) is 2.11. The van der Waals surface area contributed by atoms with Gasteiger partial charge in [-0.1, -0.05) is 30.3 Å². The van der Waals surface area contributed by atoms with Crippen molar-refractivity contribution in [1.82, 2.24) is 4.90 Å². The average molecular weight is 192 g/mol. The molecule has 1 aromatic carbocycles. The third kappa shape index (κ3) is 3.90. The van der Waals surface area contributed by atoms with Crippen LogP contribution >= 0.6 is 0 Å². The molecule has 1 N–H and O–H groups in total. The van der Waals surface area contributed by atoms with E-state index in [1.54, 1.807) is 0 Å². The molecule has 0 saturated carbocycles. The minimum atomic E-state index is -0.434. The number of hydrogen-bond acceptors (Lipinski definition) is 2. The Morgan fingerprint density at radius 1 is 1.29 bits per heavy atom. The lowest BCUT2D eigenvalue weighted by molar-refractivity contribution is 0.204. The molecule has 0 bridgehead atoms. The van der Waals surface area contributed by atoms with Crippen LogP contribution in [0.2, 0.25) is 0 Å². The second-order valence-electron chi connectivity index (χ2n) is 3.68. The summed E-state index contributed by atoms with van der Waals surface area (Å²) in [5.41, 5.74) is 0.964. The molecule has 77 valence electrons. The molecule has 0 aliphatic heterocycles. The van der Waals surface area contributed by atoms with Crippen molar-refractivity contribution in [3.8, 4) is 0 Å². The van der Waals surface area contributed by atoms with Gasteiger partial charge in [-0.25, -0.2) is 0 Å². The molecule has 2 nitrogen and oxygen atoms in total. The summed E-state index contributed by atoms with van der Waals surface area (Å²) in [7, 11) is 4.06. The van der Waals surface area contributed by atoms with E-state index < -0.39 is 6.10 Å². The zero-order chi connectivity index (χ0) is 10.4. The Balaban J connectivity index is 2.32. The summed E-state index contributed by atoms with van der Waals surface area (Å²) in [6, 6.07) is 9.72. The molecule has 0 aliphatic rings. The van der Waals surface area contributed by atoms with Gasteiger partial charge in [0.15, 0.2) is 0 Å². The molecule has 0 aromatic heterocycles. The van der Waals surface area contributed by atoms with Gasteiger partial charge >= 0.3 is 0 Å². The lowest BCUT2D eigenvalue weighted by Crippen LogP contribution is -2.14. The Kier molecular flexibility index (Phi) is 4.63. The van der Waals surface area contributed by atoms with Crippen LogP contribution in [0.15, 0.2) is 30.3 Å². The van der Waals surface area contributed by atoms with Crippen LogP contribution in [-0.2, 0) is 0 Å². The zero-order valence-electron chi connectivity index (χ0n) is 8.85. The van der Waals surface area contributed by atoms with Crippen molar-refractivity contribution in [2.45, 2.75) is 12.5 Å². The van der Waals surface area contributed by atoms with Crippen molar-refractivity contribution in [3.05, 3.63) is 42.3 Å². The van der Waals surface area contributed by atoms with Crippen LogP contribution in [0.3, 0.4) is 0 Å². The molecular weight excluding hydrogens is 174 g/mol. The standard InChI is InChI=1S/C12H18NO/c1-13(2)10-6-9-12(14)11-7-4-3-5-8-11/h3-5,7-9,12,14H,6,10H2,1-2H3. The van der Waals surface area contributed by atoms with Gasteiger partial charge in [-0.15, -0.1) is 0 Å². The minimum Gasteiger partial charge on any atom is -0.388 e. The van der Waals surface area contributed by atoms with Gasteiger partial charge in [0, 0.05) is 0 Å². The number of rotatable bonds is 5.